The number of hydrogen-bond acceptors (Lipinski definition) is 2. The van der Waals surface area contributed by atoms with Crippen molar-refractivity contribution >= 4 is 21.8 Å². The van der Waals surface area contributed by atoms with Crippen LogP contribution in [0.5, 0.6) is 0 Å². The van der Waals surface area contributed by atoms with E-state index in [0.717, 1.165) is 24.4 Å². The Balaban J connectivity index is 1.85. The van der Waals surface area contributed by atoms with Crippen LogP contribution in [0.2, 0.25) is 0 Å². The first kappa shape index (κ1) is 15.7. The van der Waals surface area contributed by atoms with Crippen molar-refractivity contribution in [1.82, 2.24) is 15.1 Å². The van der Waals surface area contributed by atoms with Crippen LogP contribution in [0.4, 0.5) is 4.39 Å². The number of aryl methyl sites for hydroxylation is 3. The molecule has 2 aromatic rings. The summed E-state index contributed by atoms with van der Waals surface area (Å²) in [6, 6.07) is 6.68. The molecule has 0 fully saturated rings. The minimum absolute atomic E-state index is 0.0514. The number of rotatable bonds is 5. The van der Waals surface area contributed by atoms with E-state index in [1.54, 1.807) is 12.1 Å². The molecule has 0 saturated heterocycles. The fourth-order valence-electron chi connectivity index (χ4n) is 2.11. The van der Waals surface area contributed by atoms with E-state index >= 15 is 0 Å². The van der Waals surface area contributed by atoms with Crippen molar-refractivity contribution in [3.8, 4) is 0 Å². The van der Waals surface area contributed by atoms with Gasteiger partial charge >= 0.3 is 0 Å². The normalized spacial score (nSPS) is 10.7. The van der Waals surface area contributed by atoms with Gasteiger partial charge in [0.2, 0.25) is 0 Å². The first-order valence-electron chi connectivity index (χ1n) is 6.72. The second-order valence-electron chi connectivity index (χ2n) is 4.86. The summed E-state index contributed by atoms with van der Waals surface area (Å²) in [6.07, 6.45) is 0.739. The highest BCUT2D eigenvalue weighted by atomic mass is 79.9. The SMILES string of the molecule is Cc1cc(C)n(CCCNC(=O)c2cccc(Br)c2F)n1. The van der Waals surface area contributed by atoms with Crippen LogP contribution in [0, 0.1) is 19.7 Å². The van der Waals surface area contributed by atoms with Gasteiger partial charge in [-0.3, -0.25) is 9.48 Å². The summed E-state index contributed by atoms with van der Waals surface area (Å²) < 4.78 is 16.0. The molecule has 1 amide bonds. The molecule has 6 heteroatoms. The van der Waals surface area contributed by atoms with E-state index in [9.17, 15) is 9.18 Å². The lowest BCUT2D eigenvalue weighted by Crippen LogP contribution is -2.26. The number of halogens is 2. The second-order valence-corrected chi connectivity index (χ2v) is 5.72. The van der Waals surface area contributed by atoms with Gasteiger partial charge in [0.1, 0.15) is 5.82 Å². The van der Waals surface area contributed by atoms with Crippen LogP contribution >= 0.6 is 15.9 Å². The maximum absolute atomic E-state index is 13.8. The minimum atomic E-state index is -0.534. The molecule has 0 bridgehead atoms. The summed E-state index contributed by atoms with van der Waals surface area (Å²) in [5.74, 6) is -0.935. The quantitative estimate of drug-likeness (QED) is 0.838. The maximum Gasteiger partial charge on any atom is 0.254 e. The Bertz CT molecular complexity index is 654. The summed E-state index contributed by atoms with van der Waals surface area (Å²) in [5.41, 5.74) is 2.13. The van der Waals surface area contributed by atoms with Crippen LogP contribution in [0.1, 0.15) is 28.2 Å². The van der Waals surface area contributed by atoms with Gasteiger partial charge in [0.05, 0.1) is 15.7 Å². The molecule has 0 saturated carbocycles. The molecule has 1 heterocycles. The van der Waals surface area contributed by atoms with E-state index in [2.05, 4.69) is 26.3 Å². The van der Waals surface area contributed by atoms with Gasteiger partial charge in [-0.1, -0.05) is 6.07 Å². The zero-order valence-corrected chi connectivity index (χ0v) is 13.6. The molecular weight excluding hydrogens is 337 g/mol. The van der Waals surface area contributed by atoms with Gasteiger partial charge < -0.3 is 5.32 Å². The molecule has 1 aromatic carbocycles. The first-order chi connectivity index (χ1) is 9.99. The van der Waals surface area contributed by atoms with Crippen molar-refractivity contribution in [2.24, 2.45) is 0 Å². The monoisotopic (exact) mass is 353 g/mol. The predicted octanol–water partition coefficient (Wildman–Crippen LogP) is 3.22. The van der Waals surface area contributed by atoms with E-state index in [1.807, 2.05) is 24.6 Å². The molecule has 0 radical (unpaired) electrons. The molecule has 1 N–H and O–H groups in total. The summed E-state index contributed by atoms with van der Waals surface area (Å²) in [4.78, 5) is 11.9. The summed E-state index contributed by atoms with van der Waals surface area (Å²) in [7, 11) is 0. The Morgan fingerprint density at radius 2 is 2.19 bits per heavy atom. The van der Waals surface area contributed by atoms with Crippen molar-refractivity contribution in [3.05, 3.63) is 51.5 Å². The minimum Gasteiger partial charge on any atom is -0.352 e. The van der Waals surface area contributed by atoms with E-state index in [1.165, 1.54) is 6.07 Å². The van der Waals surface area contributed by atoms with Gasteiger partial charge in [-0.15, -0.1) is 0 Å². The van der Waals surface area contributed by atoms with E-state index in [4.69, 9.17) is 0 Å². The van der Waals surface area contributed by atoms with Gasteiger partial charge in [-0.25, -0.2) is 4.39 Å². The van der Waals surface area contributed by atoms with Crippen LogP contribution < -0.4 is 5.32 Å². The number of carbonyl (C=O) groups excluding carboxylic acids is 1. The Morgan fingerprint density at radius 1 is 1.43 bits per heavy atom. The number of nitrogens with one attached hydrogen (secondary N) is 1. The van der Waals surface area contributed by atoms with Crippen LogP contribution in [0.15, 0.2) is 28.7 Å². The second kappa shape index (κ2) is 6.85. The summed E-state index contributed by atoms with van der Waals surface area (Å²) >= 11 is 3.07. The van der Waals surface area contributed by atoms with Crippen LogP contribution in [-0.4, -0.2) is 22.2 Å². The Morgan fingerprint density at radius 3 is 2.86 bits per heavy atom. The van der Waals surface area contributed by atoms with Gasteiger partial charge in [0.25, 0.3) is 5.91 Å². The third kappa shape index (κ3) is 3.91. The lowest BCUT2D eigenvalue weighted by atomic mass is 10.2. The van der Waals surface area contributed by atoms with Gasteiger partial charge in [-0.05, 0) is 54.4 Å². The molecule has 21 heavy (non-hydrogen) atoms. The third-order valence-electron chi connectivity index (χ3n) is 3.13. The lowest BCUT2D eigenvalue weighted by Gasteiger charge is -2.08. The highest BCUT2D eigenvalue weighted by molar-refractivity contribution is 9.10. The largest absolute Gasteiger partial charge is 0.352 e. The molecule has 4 nitrogen and oxygen atoms in total. The molecule has 0 aliphatic carbocycles. The zero-order valence-electron chi connectivity index (χ0n) is 12.0. The van der Waals surface area contributed by atoms with Gasteiger partial charge in [0.15, 0.2) is 0 Å². The Kier molecular flexibility index (Phi) is 5.12. The molecule has 0 aliphatic heterocycles. The smallest absolute Gasteiger partial charge is 0.254 e. The molecule has 1 aromatic heterocycles. The summed E-state index contributed by atoms with van der Waals surface area (Å²) in [5, 5.41) is 7.07. The van der Waals surface area contributed by atoms with Crippen molar-refractivity contribution in [3.63, 3.8) is 0 Å². The van der Waals surface area contributed by atoms with Crippen molar-refractivity contribution in [2.45, 2.75) is 26.8 Å². The van der Waals surface area contributed by atoms with E-state index in [0.29, 0.717) is 6.54 Å². The third-order valence-corrected chi connectivity index (χ3v) is 3.74. The summed E-state index contributed by atoms with van der Waals surface area (Å²) in [6.45, 7) is 5.14. The number of benzene rings is 1. The maximum atomic E-state index is 13.8. The average Bonchev–Trinajstić information content (AvgIpc) is 2.76. The first-order valence-corrected chi connectivity index (χ1v) is 7.51. The van der Waals surface area contributed by atoms with E-state index in [-0.39, 0.29) is 10.0 Å². The number of hydrogen-bond donors (Lipinski definition) is 1. The fourth-order valence-corrected chi connectivity index (χ4v) is 2.47. The molecule has 112 valence electrons. The van der Waals surface area contributed by atoms with Crippen molar-refractivity contribution in [2.75, 3.05) is 6.54 Å². The van der Waals surface area contributed by atoms with E-state index < -0.39 is 11.7 Å². The number of carbonyl (C=O) groups is 1. The molecular formula is C15H17BrFN3O. The van der Waals surface area contributed by atoms with Crippen LogP contribution in [-0.2, 0) is 6.54 Å². The number of nitrogens with zero attached hydrogens (tertiary/aromatic N) is 2. The standard InChI is InChI=1S/C15H17BrFN3O/c1-10-9-11(2)20(19-10)8-4-7-18-15(21)12-5-3-6-13(16)14(12)17/h3,5-6,9H,4,7-8H2,1-2H3,(H,18,21). The van der Waals surface area contributed by atoms with Gasteiger partial charge in [-0.2, -0.15) is 5.10 Å². The highest BCUT2D eigenvalue weighted by Crippen LogP contribution is 2.18. The zero-order chi connectivity index (χ0) is 15.4. The van der Waals surface area contributed by atoms with Crippen molar-refractivity contribution in [1.29, 1.82) is 0 Å². The van der Waals surface area contributed by atoms with Crippen LogP contribution in [0.3, 0.4) is 0 Å². The Labute approximate surface area is 131 Å². The number of aromatic nitrogens is 2. The molecule has 0 spiro atoms. The topological polar surface area (TPSA) is 46.9 Å². The Hall–Kier alpha value is -1.69. The van der Waals surface area contributed by atoms with Crippen molar-refractivity contribution < 1.29 is 9.18 Å². The molecule has 2 rings (SSSR count). The lowest BCUT2D eigenvalue weighted by molar-refractivity contribution is 0.0948. The van der Waals surface area contributed by atoms with Gasteiger partial charge in [0, 0.05) is 18.8 Å². The highest BCUT2D eigenvalue weighted by Gasteiger charge is 2.13. The molecule has 0 aliphatic rings. The molecule has 0 atom stereocenters. The number of amides is 1. The average molecular weight is 354 g/mol. The van der Waals surface area contributed by atoms with Crippen LogP contribution in [0.25, 0.3) is 0 Å². The molecule has 0 unspecified atom stereocenters. The fraction of sp³-hybridized carbons (Fsp3) is 0.333. The predicted molar refractivity (Wildman–Crippen MR) is 82.8 cm³/mol.